The van der Waals surface area contributed by atoms with E-state index < -0.39 is 5.97 Å². The number of ether oxygens (including phenoxy) is 1. The lowest BCUT2D eigenvalue weighted by molar-refractivity contribution is -0.143. The first-order valence-electron chi connectivity index (χ1n) is 4.42. The molecule has 0 aromatic carbocycles. The van der Waals surface area contributed by atoms with Crippen molar-refractivity contribution in [3.63, 3.8) is 0 Å². The average molecular weight is 288 g/mol. The van der Waals surface area contributed by atoms with Crippen LogP contribution in [-0.2, 0) is 14.3 Å². The number of nitrogens with one attached hydrogen (secondary N) is 1. The van der Waals surface area contributed by atoms with Crippen molar-refractivity contribution in [1.82, 2.24) is 5.32 Å². The quantitative estimate of drug-likeness (QED) is 0.670. The summed E-state index contributed by atoms with van der Waals surface area (Å²) in [7, 11) is 1.46. The number of hydrogen-bond donors (Lipinski definition) is 1. The number of rotatable bonds is 4. The van der Waals surface area contributed by atoms with Gasteiger partial charge in [-0.05, 0) is 34.1 Å². The molecule has 0 saturated carbocycles. The lowest BCUT2D eigenvalue weighted by Gasteiger charge is -1.99. The van der Waals surface area contributed by atoms with Crippen LogP contribution in [-0.4, -0.2) is 25.5 Å². The molecule has 6 heteroatoms. The smallest absolute Gasteiger partial charge is 0.331 e. The first-order chi connectivity index (χ1) is 7.61. The number of halogens is 1. The third-order valence-electron chi connectivity index (χ3n) is 1.60. The van der Waals surface area contributed by atoms with Crippen LogP contribution in [0.1, 0.15) is 5.76 Å². The summed E-state index contributed by atoms with van der Waals surface area (Å²) in [5, 5.41) is 2.33. The fourth-order valence-corrected chi connectivity index (χ4v) is 1.14. The van der Waals surface area contributed by atoms with Gasteiger partial charge in [0.25, 0.3) is 5.91 Å². The Morgan fingerprint density at radius 3 is 2.88 bits per heavy atom. The van der Waals surface area contributed by atoms with E-state index in [-0.39, 0.29) is 12.5 Å². The van der Waals surface area contributed by atoms with Crippen molar-refractivity contribution in [2.24, 2.45) is 0 Å². The summed E-state index contributed by atoms with van der Waals surface area (Å²) in [6.07, 6.45) is 2.64. The van der Waals surface area contributed by atoms with Crippen molar-refractivity contribution in [1.29, 1.82) is 0 Å². The van der Waals surface area contributed by atoms with E-state index in [1.165, 1.54) is 19.2 Å². The van der Waals surface area contributed by atoms with Gasteiger partial charge >= 0.3 is 5.97 Å². The number of likely N-dealkylation sites (N-methyl/N-ethyl adjacent to an activating group) is 1. The zero-order chi connectivity index (χ0) is 12.0. The molecule has 0 aliphatic heterocycles. The van der Waals surface area contributed by atoms with Gasteiger partial charge in [-0.25, -0.2) is 4.79 Å². The largest absolute Gasteiger partial charge is 0.452 e. The molecule has 5 nitrogen and oxygen atoms in total. The second-order valence-electron chi connectivity index (χ2n) is 2.76. The molecular weight excluding hydrogens is 278 g/mol. The molecule has 1 heterocycles. The van der Waals surface area contributed by atoms with Crippen molar-refractivity contribution in [2.75, 3.05) is 13.7 Å². The van der Waals surface area contributed by atoms with Gasteiger partial charge < -0.3 is 14.5 Å². The molecule has 16 heavy (non-hydrogen) atoms. The minimum atomic E-state index is -0.601. The maximum atomic E-state index is 11.1. The highest BCUT2D eigenvalue weighted by atomic mass is 79.9. The van der Waals surface area contributed by atoms with Gasteiger partial charge in [0, 0.05) is 13.1 Å². The maximum absolute atomic E-state index is 11.1. The summed E-state index contributed by atoms with van der Waals surface area (Å²) in [6, 6.07) is 3.39. The Morgan fingerprint density at radius 2 is 2.31 bits per heavy atom. The van der Waals surface area contributed by atoms with Crippen LogP contribution in [0.5, 0.6) is 0 Å². The number of carbonyl (C=O) groups is 2. The Bertz CT molecular complexity index is 411. The van der Waals surface area contributed by atoms with Crippen LogP contribution in [0.3, 0.4) is 0 Å². The monoisotopic (exact) mass is 287 g/mol. The van der Waals surface area contributed by atoms with Crippen LogP contribution in [0.4, 0.5) is 0 Å². The van der Waals surface area contributed by atoms with Gasteiger partial charge in [0.05, 0.1) is 0 Å². The van der Waals surface area contributed by atoms with E-state index in [0.29, 0.717) is 10.4 Å². The lowest BCUT2D eigenvalue weighted by Crippen LogP contribution is -2.24. The molecular formula is C10H10BrNO4. The van der Waals surface area contributed by atoms with Crippen molar-refractivity contribution >= 4 is 33.9 Å². The highest BCUT2D eigenvalue weighted by Gasteiger charge is 2.02. The van der Waals surface area contributed by atoms with Crippen molar-refractivity contribution in [3.8, 4) is 0 Å². The lowest BCUT2D eigenvalue weighted by atomic mass is 10.4. The first-order valence-corrected chi connectivity index (χ1v) is 5.22. The summed E-state index contributed by atoms with van der Waals surface area (Å²) in [6.45, 7) is -0.290. The second-order valence-corrected chi connectivity index (χ2v) is 3.54. The van der Waals surface area contributed by atoms with E-state index >= 15 is 0 Å². The number of amides is 1. The summed E-state index contributed by atoms with van der Waals surface area (Å²) in [4.78, 5) is 21.9. The van der Waals surface area contributed by atoms with E-state index in [9.17, 15) is 9.59 Å². The summed E-state index contributed by atoms with van der Waals surface area (Å²) < 4.78 is 10.3. The molecule has 1 rings (SSSR count). The number of hydrogen-bond acceptors (Lipinski definition) is 4. The number of esters is 1. The third-order valence-corrected chi connectivity index (χ3v) is 2.03. The molecule has 1 amide bonds. The van der Waals surface area contributed by atoms with E-state index in [2.05, 4.69) is 26.0 Å². The Balaban J connectivity index is 2.39. The fourth-order valence-electron chi connectivity index (χ4n) is 0.825. The first kappa shape index (κ1) is 12.5. The fraction of sp³-hybridized carbons (Fsp3) is 0.200. The standard InChI is InChI=1S/C10H10BrNO4/c1-12-9(13)6-15-10(14)5-3-7-2-4-8(11)16-7/h2-5H,6H2,1H3,(H,12,13). The predicted octanol–water partition coefficient (Wildman–Crippen LogP) is 1.34. The number of furan rings is 1. The van der Waals surface area contributed by atoms with Crippen LogP contribution in [0.25, 0.3) is 6.08 Å². The molecule has 0 radical (unpaired) electrons. The van der Waals surface area contributed by atoms with Crippen LogP contribution in [0, 0.1) is 0 Å². The van der Waals surface area contributed by atoms with Gasteiger partial charge in [-0.3, -0.25) is 4.79 Å². The Morgan fingerprint density at radius 1 is 1.56 bits per heavy atom. The van der Waals surface area contributed by atoms with Gasteiger partial charge in [-0.2, -0.15) is 0 Å². The van der Waals surface area contributed by atoms with E-state index in [1.54, 1.807) is 12.1 Å². The van der Waals surface area contributed by atoms with Crippen LogP contribution in [0.15, 0.2) is 27.3 Å². The zero-order valence-corrected chi connectivity index (χ0v) is 10.1. The van der Waals surface area contributed by atoms with Crippen molar-refractivity contribution in [2.45, 2.75) is 0 Å². The molecule has 0 aliphatic carbocycles. The minimum Gasteiger partial charge on any atom is -0.452 e. The molecule has 1 aromatic rings. The minimum absolute atomic E-state index is 0.290. The molecule has 1 N–H and O–H groups in total. The van der Waals surface area contributed by atoms with Gasteiger partial charge in [0.2, 0.25) is 0 Å². The molecule has 0 fully saturated rings. The summed E-state index contributed by atoms with van der Waals surface area (Å²) in [5.41, 5.74) is 0. The predicted molar refractivity (Wildman–Crippen MR) is 60.5 cm³/mol. The molecule has 86 valence electrons. The van der Waals surface area contributed by atoms with Crippen molar-refractivity contribution in [3.05, 3.63) is 28.6 Å². The van der Waals surface area contributed by atoms with E-state index in [0.717, 1.165) is 0 Å². The molecule has 0 saturated heterocycles. The van der Waals surface area contributed by atoms with E-state index in [1.807, 2.05) is 0 Å². The van der Waals surface area contributed by atoms with Crippen LogP contribution < -0.4 is 5.32 Å². The molecule has 0 atom stereocenters. The Hall–Kier alpha value is -1.56. The molecule has 0 spiro atoms. The summed E-state index contributed by atoms with van der Waals surface area (Å²) >= 11 is 3.13. The van der Waals surface area contributed by atoms with Gasteiger partial charge in [-0.1, -0.05) is 0 Å². The molecule has 0 bridgehead atoms. The van der Waals surface area contributed by atoms with Gasteiger partial charge in [0.15, 0.2) is 11.3 Å². The van der Waals surface area contributed by atoms with Crippen molar-refractivity contribution < 1.29 is 18.7 Å². The second kappa shape index (κ2) is 6.12. The highest BCUT2D eigenvalue weighted by Crippen LogP contribution is 2.14. The highest BCUT2D eigenvalue weighted by molar-refractivity contribution is 9.10. The average Bonchev–Trinajstić information content (AvgIpc) is 2.69. The SMILES string of the molecule is CNC(=O)COC(=O)C=Cc1ccc(Br)o1. The Kier molecular flexibility index (Phi) is 4.78. The van der Waals surface area contributed by atoms with E-state index in [4.69, 9.17) is 4.42 Å². The zero-order valence-electron chi connectivity index (χ0n) is 8.53. The van der Waals surface area contributed by atoms with Gasteiger partial charge in [-0.15, -0.1) is 0 Å². The third kappa shape index (κ3) is 4.31. The number of carbonyl (C=O) groups excluding carboxylic acids is 2. The Labute approximate surface area is 101 Å². The summed E-state index contributed by atoms with van der Waals surface area (Å²) in [5.74, 6) is -0.442. The topological polar surface area (TPSA) is 68.5 Å². The van der Waals surface area contributed by atoms with Crippen LogP contribution >= 0.6 is 15.9 Å². The molecule has 1 aromatic heterocycles. The van der Waals surface area contributed by atoms with Crippen LogP contribution in [0.2, 0.25) is 0 Å². The normalized spacial score (nSPS) is 10.4. The van der Waals surface area contributed by atoms with Gasteiger partial charge in [0.1, 0.15) is 5.76 Å². The maximum Gasteiger partial charge on any atom is 0.331 e. The molecule has 0 unspecified atom stereocenters. The molecule has 0 aliphatic rings.